The number of nitrogens with zero attached hydrogens (tertiary/aromatic N) is 2. The molecule has 110 valence electrons. The van der Waals surface area contributed by atoms with Crippen molar-refractivity contribution in [2.45, 2.75) is 6.92 Å². The minimum Gasteiger partial charge on any atom is -0.506 e. The largest absolute Gasteiger partial charge is 0.506 e. The second-order valence-electron chi connectivity index (χ2n) is 4.74. The van der Waals surface area contributed by atoms with Crippen molar-refractivity contribution in [2.24, 2.45) is 0 Å². The van der Waals surface area contributed by atoms with E-state index in [1.165, 1.54) is 6.20 Å². The number of aromatic hydroxyl groups is 1. The summed E-state index contributed by atoms with van der Waals surface area (Å²) in [5.41, 5.74) is 1.41. The first kappa shape index (κ1) is 14.9. The minimum atomic E-state index is -0.333. The molecule has 0 aliphatic carbocycles. The summed E-state index contributed by atoms with van der Waals surface area (Å²) in [6.45, 7) is 3.81. The van der Waals surface area contributed by atoms with Crippen LogP contribution in [0.15, 0.2) is 30.0 Å². The van der Waals surface area contributed by atoms with Crippen LogP contribution in [0.25, 0.3) is 0 Å². The third-order valence-corrected chi connectivity index (χ3v) is 3.17. The highest BCUT2D eigenvalue weighted by molar-refractivity contribution is 5.97. The highest BCUT2D eigenvalue weighted by Crippen LogP contribution is 2.24. The fourth-order valence-electron chi connectivity index (χ4n) is 1.99. The van der Waals surface area contributed by atoms with Crippen molar-refractivity contribution in [1.82, 2.24) is 4.90 Å². The smallest absolute Gasteiger partial charge is 0.266 e. The van der Waals surface area contributed by atoms with Crippen LogP contribution in [0.4, 0.5) is 5.69 Å². The van der Waals surface area contributed by atoms with Crippen LogP contribution in [0, 0.1) is 18.3 Å². The average Bonchev–Trinajstić information content (AvgIpc) is 2.51. The van der Waals surface area contributed by atoms with Crippen LogP contribution >= 0.6 is 0 Å². The predicted octanol–water partition coefficient (Wildman–Crippen LogP) is 1.38. The zero-order valence-electron chi connectivity index (χ0n) is 11.8. The van der Waals surface area contributed by atoms with Crippen molar-refractivity contribution in [1.29, 1.82) is 5.26 Å². The second kappa shape index (κ2) is 6.77. The molecule has 1 amide bonds. The number of carbonyl (C=O) groups is 1. The molecule has 1 heterocycles. The molecule has 0 bridgehead atoms. The minimum absolute atomic E-state index is 0.00203. The molecule has 0 saturated carbocycles. The van der Waals surface area contributed by atoms with Crippen molar-refractivity contribution in [3.05, 3.63) is 35.5 Å². The van der Waals surface area contributed by atoms with E-state index in [1.54, 1.807) is 23.1 Å². The number of carbonyl (C=O) groups excluding carboxylic acids is 1. The molecule has 6 heteroatoms. The molecule has 1 saturated heterocycles. The van der Waals surface area contributed by atoms with Gasteiger partial charge in [0.05, 0.1) is 18.9 Å². The van der Waals surface area contributed by atoms with Gasteiger partial charge in [0.1, 0.15) is 17.4 Å². The standard InChI is InChI=1S/C15H17N3O3/c1-11-2-3-14(19)13(8-11)17-10-12(9-16)15(20)18-4-6-21-7-5-18/h2-3,8,10,17,19H,4-7H2,1H3/b12-10-. The molecule has 0 unspecified atom stereocenters. The quantitative estimate of drug-likeness (QED) is 0.498. The Morgan fingerprint density at radius 1 is 1.48 bits per heavy atom. The molecule has 1 fully saturated rings. The van der Waals surface area contributed by atoms with Gasteiger partial charge >= 0.3 is 0 Å². The van der Waals surface area contributed by atoms with Gasteiger partial charge < -0.3 is 20.1 Å². The Kier molecular flexibility index (Phi) is 4.80. The predicted molar refractivity (Wildman–Crippen MR) is 77.6 cm³/mol. The first-order chi connectivity index (χ1) is 10.1. The molecule has 1 aliphatic heterocycles. The van der Waals surface area contributed by atoms with Gasteiger partial charge in [-0.15, -0.1) is 0 Å². The Morgan fingerprint density at radius 3 is 2.86 bits per heavy atom. The summed E-state index contributed by atoms with van der Waals surface area (Å²) < 4.78 is 5.18. The number of nitrogens with one attached hydrogen (secondary N) is 1. The number of rotatable bonds is 3. The Hall–Kier alpha value is -2.52. The van der Waals surface area contributed by atoms with Gasteiger partial charge in [-0.1, -0.05) is 6.07 Å². The first-order valence-electron chi connectivity index (χ1n) is 6.65. The summed E-state index contributed by atoms with van der Waals surface area (Å²) in [5.74, 6) is -0.270. The third kappa shape index (κ3) is 3.74. The molecule has 21 heavy (non-hydrogen) atoms. The number of amides is 1. The zero-order valence-corrected chi connectivity index (χ0v) is 11.8. The molecule has 0 aromatic heterocycles. The molecule has 1 aliphatic rings. The number of anilines is 1. The van der Waals surface area contributed by atoms with E-state index in [1.807, 2.05) is 13.0 Å². The highest BCUT2D eigenvalue weighted by Gasteiger charge is 2.20. The maximum atomic E-state index is 12.2. The van der Waals surface area contributed by atoms with Crippen LogP contribution in [-0.4, -0.2) is 42.2 Å². The Balaban J connectivity index is 2.11. The van der Waals surface area contributed by atoms with Crippen LogP contribution in [0.1, 0.15) is 5.56 Å². The summed E-state index contributed by atoms with van der Waals surface area (Å²) >= 11 is 0. The molecule has 0 spiro atoms. The number of hydrogen-bond donors (Lipinski definition) is 2. The first-order valence-corrected chi connectivity index (χ1v) is 6.65. The maximum absolute atomic E-state index is 12.2. The van der Waals surface area contributed by atoms with Crippen molar-refractivity contribution in [3.8, 4) is 11.8 Å². The van der Waals surface area contributed by atoms with Crippen LogP contribution in [-0.2, 0) is 9.53 Å². The van der Waals surface area contributed by atoms with Crippen LogP contribution in [0.5, 0.6) is 5.75 Å². The Morgan fingerprint density at radius 2 is 2.19 bits per heavy atom. The van der Waals surface area contributed by atoms with E-state index in [0.717, 1.165) is 5.56 Å². The molecule has 0 atom stereocenters. The number of aryl methyl sites for hydroxylation is 1. The molecule has 2 rings (SSSR count). The Labute approximate surface area is 123 Å². The summed E-state index contributed by atoms with van der Waals surface area (Å²) in [6, 6.07) is 6.95. The number of morpholine rings is 1. The van der Waals surface area contributed by atoms with E-state index < -0.39 is 0 Å². The van der Waals surface area contributed by atoms with Gasteiger partial charge in [-0.05, 0) is 24.6 Å². The molecular weight excluding hydrogens is 270 g/mol. The van der Waals surface area contributed by atoms with Gasteiger partial charge in [-0.2, -0.15) is 5.26 Å². The van der Waals surface area contributed by atoms with Gasteiger partial charge in [-0.3, -0.25) is 4.79 Å². The molecule has 6 nitrogen and oxygen atoms in total. The van der Waals surface area contributed by atoms with Crippen molar-refractivity contribution >= 4 is 11.6 Å². The molecule has 0 radical (unpaired) electrons. The number of ether oxygens (including phenoxy) is 1. The highest BCUT2D eigenvalue weighted by atomic mass is 16.5. The topological polar surface area (TPSA) is 85.6 Å². The lowest BCUT2D eigenvalue weighted by atomic mass is 10.2. The maximum Gasteiger partial charge on any atom is 0.266 e. The normalized spacial score (nSPS) is 15.4. The molecule has 1 aromatic carbocycles. The van der Waals surface area contributed by atoms with E-state index in [4.69, 9.17) is 10.00 Å². The van der Waals surface area contributed by atoms with Gasteiger partial charge in [0.2, 0.25) is 0 Å². The number of hydrogen-bond acceptors (Lipinski definition) is 5. The molecule has 1 aromatic rings. The van der Waals surface area contributed by atoms with E-state index >= 15 is 0 Å². The molecular formula is C15H17N3O3. The van der Waals surface area contributed by atoms with Crippen molar-refractivity contribution < 1.29 is 14.6 Å². The average molecular weight is 287 g/mol. The monoisotopic (exact) mass is 287 g/mol. The third-order valence-electron chi connectivity index (χ3n) is 3.17. The van der Waals surface area contributed by atoms with Gasteiger partial charge in [0, 0.05) is 19.3 Å². The van der Waals surface area contributed by atoms with E-state index in [0.29, 0.717) is 32.0 Å². The number of nitriles is 1. The van der Waals surface area contributed by atoms with Gasteiger partial charge in [-0.25, -0.2) is 0 Å². The summed E-state index contributed by atoms with van der Waals surface area (Å²) in [7, 11) is 0. The lowest BCUT2D eigenvalue weighted by Gasteiger charge is -2.26. The van der Waals surface area contributed by atoms with E-state index in [2.05, 4.69) is 5.32 Å². The lowest BCUT2D eigenvalue weighted by molar-refractivity contribution is -0.130. The van der Waals surface area contributed by atoms with Crippen LogP contribution in [0.3, 0.4) is 0 Å². The molecule has 2 N–H and O–H groups in total. The summed E-state index contributed by atoms with van der Waals surface area (Å²) in [6.07, 6.45) is 1.33. The number of phenols is 1. The van der Waals surface area contributed by atoms with Crippen molar-refractivity contribution in [2.75, 3.05) is 31.6 Å². The fraction of sp³-hybridized carbons (Fsp3) is 0.333. The summed E-state index contributed by atoms with van der Waals surface area (Å²) in [4.78, 5) is 13.8. The van der Waals surface area contributed by atoms with Crippen molar-refractivity contribution in [3.63, 3.8) is 0 Å². The fourth-order valence-corrected chi connectivity index (χ4v) is 1.99. The number of phenolic OH excluding ortho intramolecular Hbond substituents is 1. The van der Waals surface area contributed by atoms with Crippen LogP contribution < -0.4 is 5.32 Å². The van der Waals surface area contributed by atoms with Gasteiger partial charge in [0.15, 0.2) is 0 Å². The number of benzene rings is 1. The Bertz CT molecular complexity index is 599. The SMILES string of the molecule is Cc1ccc(O)c(N/C=C(/C#N)C(=O)N2CCOCC2)c1. The van der Waals surface area contributed by atoms with E-state index in [-0.39, 0.29) is 17.2 Å². The zero-order chi connectivity index (χ0) is 15.2. The second-order valence-corrected chi connectivity index (χ2v) is 4.74. The van der Waals surface area contributed by atoms with E-state index in [9.17, 15) is 9.90 Å². The summed E-state index contributed by atoms with van der Waals surface area (Å²) in [5, 5.41) is 21.7. The van der Waals surface area contributed by atoms with Gasteiger partial charge in [0.25, 0.3) is 5.91 Å². The lowest BCUT2D eigenvalue weighted by Crippen LogP contribution is -2.41. The van der Waals surface area contributed by atoms with Crippen LogP contribution in [0.2, 0.25) is 0 Å².